The van der Waals surface area contributed by atoms with Gasteiger partial charge in [0.15, 0.2) is 17.5 Å². The van der Waals surface area contributed by atoms with Crippen LogP contribution in [0.3, 0.4) is 0 Å². The molecular formula is C48H31N5. The highest BCUT2D eigenvalue weighted by Gasteiger charge is 2.17. The largest absolute Gasteiger partial charge is 0.308 e. The van der Waals surface area contributed by atoms with Gasteiger partial charge < -0.3 is 4.57 Å². The molecule has 53 heavy (non-hydrogen) atoms. The van der Waals surface area contributed by atoms with Crippen molar-refractivity contribution >= 4 is 32.6 Å². The van der Waals surface area contributed by atoms with Gasteiger partial charge in [-0.15, -0.1) is 0 Å². The maximum absolute atomic E-state index is 5.00. The molecule has 5 nitrogen and oxygen atoms in total. The van der Waals surface area contributed by atoms with Crippen molar-refractivity contribution in [3.63, 3.8) is 0 Å². The average molecular weight is 678 g/mol. The van der Waals surface area contributed by atoms with Crippen molar-refractivity contribution in [1.29, 1.82) is 0 Å². The molecule has 0 bridgehead atoms. The van der Waals surface area contributed by atoms with E-state index in [4.69, 9.17) is 19.9 Å². The van der Waals surface area contributed by atoms with Crippen LogP contribution in [0.5, 0.6) is 0 Å². The zero-order valence-corrected chi connectivity index (χ0v) is 28.6. The van der Waals surface area contributed by atoms with Crippen molar-refractivity contribution in [3.05, 3.63) is 188 Å². The Morgan fingerprint density at radius 1 is 0.340 bits per heavy atom. The minimum absolute atomic E-state index is 0.518. The maximum atomic E-state index is 5.00. The van der Waals surface area contributed by atoms with E-state index in [2.05, 4.69) is 168 Å². The number of nitrogens with zero attached hydrogens (tertiary/aromatic N) is 5. The van der Waals surface area contributed by atoms with Gasteiger partial charge in [0.2, 0.25) is 0 Å². The van der Waals surface area contributed by atoms with Crippen molar-refractivity contribution in [2.75, 3.05) is 0 Å². The summed E-state index contributed by atoms with van der Waals surface area (Å²) >= 11 is 0. The number of rotatable bonds is 6. The van der Waals surface area contributed by atoms with Crippen molar-refractivity contribution in [2.24, 2.45) is 0 Å². The van der Waals surface area contributed by atoms with Crippen molar-refractivity contribution in [2.45, 2.75) is 0 Å². The molecule has 3 aromatic heterocycles. The number of para-hydroxylation sites is 1. The van der Waals surface area contributed by atoms with Gasteiger partial charge in [0, 0.05) is 21.9 Å². The molecule has 0 fully saturated rings. The molecular weight excluding hydrogens is 647 g/mol. The molecule has 0 amide bonds. The van der Waals surface area contributed by atoms with Crippen LogP contribution < -0.4 is 0 Å². The van der Waals surface area contributed by atoms with E-state index in [9.17, 15) is 0 Å². The second-order valence-corrected chi connectivity index (χ2v) is 13.1. The molecule has 0 N–H and O–H groups in total. The Morgan fingerprint density at radius 3 is 1.45 bits per heavy atom. The molecule has 0 unspecified atom stereocenters. The molecule has 0 aliphatic carbocycles. The van der Waals surface area contributed by atoms with E-state index in [1.54, 1.807) is 0 Å². The van der Waals surface area contributed by atoms with Gasteiger partial charge in [0.05, 0.1) is 22.9 Å². The summed E-state index contributed by atoms with van der Waals surface area (Å²) in [5.41, 5.74) is 10.3. The lowest BCUT2D eigenvalue weighted by Crippen LogP contribution is -2.02. The fourth-order valence-corrected chi connectivity index (χ4v) is 7.30. The molecule has 0 spiro atoms. The molecule has 10 rings (SSSR count). The summed E-state index contributed by atoms with van der Waals surface area (Å²) in [7, 11) is 0. The standard InChI is InChI=1S/C48H31N5/c1-3-11-32(12-4-1)34-19-23-37(24-20-34)46-50-47(38-25-21-35(22-26-38)33-13-5-2-6-14-33)52-48(51-46)42-29-28-39(31-49-42)53-43-18-10-9-17-41(43)45-40-16-8-7-15-36(40)27-30-44(45)53/h1-31H. The Labute approximate surface area is 306 Å². The van der Waals surface area contributed by atoms with Crippen LogP contribution in [0, 0.1) is 0 Å². The first-order valence-corrected chi connectivity index (χ1v) is 17.7. The van der Waals surface area contributed by atoms with E-state index in [1.165, 1.54) is 21.5 Å². The number of hydrogen-bond donors (Lipinski definition) is 0. The third-order valence-electron chi connectivity index (χ3n) is 9.93. The van der Waals surface area contributed by atoms with Gasteiger partial charge in [-0.2, -0.15) is 0 Å². The Balaban J connectivity index is 1.08. The van der Waals surface area contributed by atoms with E-state index in [1.807, 2.05) is 24.4 Å². The number of aromatic nitrogens is 5. The summed E-state index contributed by atoms with van der Waals surface area (Å²) < 4.78 is 2.29. The third kappa shape index (κ3) is 5.52. The molecule has 0 aliphatic rings. The Morgan fingerprint density at radius 2 is 0.849 bits per heavy atom. The SMILES string of the molecule is c1ccc(-c2ccc(-c3nc(-c4ccc(-c5ccccc5)cc4)nc(-c4ccc(-n5c6ccccc6c6c7ccccc7ccc65)cn4)n3)cc2)cc1. The van der Waals surface area contributed by atoms with Crippen LogP contribution in [-0.2, 0) is 0 Å². The third-order valence-corrected chi connectivity index (χ3v) is 9.93. The molecule has 0 atom stereocenters. The molecule has 3 heterocycles. The first kappa shape index (κ1) is 30.6. The highest BCUT2D eigenvalue weighted by molar-refractivity contribution is 6.21. The average Bonchev–Trinajstić information content (AvgIpc) is 3.59. The molecule has 0 saturated heterocycles. The quantitative estimate of drug-likeness (QED) is 0.176. The van der Waals surface area contributed by atoms with Crippen LogP contribution in [-0.4, -0.2) is 24.5 Å². The van der Waals surface area contributed by atoms with Gasteiger partial charge in [-0.3, -0.25) is 4.98 Å². The van der Waals surface area contributed by atoms with E-state index >= 15 is 0 Å². The molecule has 0 aliphatic heterocycles. The van der Waals surface area contributed by atoms with Gasteiger partial charge in [-0.05, 0) is 57.3 Å². The zero-order chi connectivity index (χ0) is 35.1. The summed E-state index contributed by atoms with van der Waals surface area (Å²) in [5, 5.41) is 4.92. The number of pyridine rings is 1. The lowest BCUT2D eigenvalue weighted by Gasteiger charge is -2.11. The lowest BCUT2D eigenvalue weighted by molar-refractivity contribution is 1.05. The summed E-state index contributed by atoms with van der Waals surface area (Å²) in [6.07, 6.45) is 1.92. The van der Waals surface area contributed by atoms with E-state index in [-0.39, 0.29) is 0 Å². The smallest absolute Gasteiger partial charge is 0.182 e. The first-order chi connectivity index (χ1) is 26.3. The van der Waals surface area contributed by atoms with Crippen LogP contribution in [0.2, 0.25) is 0 Å². The van der Waals surface area contributed by atoms with Gasteiger partial charge in [-0.25, -0.2) is 15.0 Å². The minimum atomic E-state index is 0.518. The van der Waals surface area contributed by atoms with E-state index in [0.29, 0.717) is 23.2 Å². The van der Waals surface area contributed by atoms with E-state index < -0.39 is 0 Å². The highest BCUT2D eigenvalue weighted by Crippen LogP contribution is 2.37. The number of hydrogen-bond acceptors (Lipinski definition) is 4. The van der Waals surface area contributed by atoms with E-state index in [0.717, 1.165) is 50.1 Å². The molecule has 5 heteroatoms. The second kappa shape index (κ2) is 12.8. The summed E-state index contributed by atoms with van der Waals surface area (Å²) in [6, 6.07) is 63.2. The van der Waals surface area contributed by atoms with Gasteiger partial charge in [0.25, 0.3) is 0 Å². The predicted octanol–water partition coefficient (Wildman–Crippen LogP) is 11.9. The van der Waals surface area contributed by atoms with Crippen LogP contribution in [0.25, 0.3) is 94.8 Å². The number of fused-ring (bicyclic) bond motifs is 5. The van der Waals surface area contributed by atoms with Gasteiger partial charge in [0.1, 0.15) is 5.69 Å². The topological polar surface area (TPSA) is 56.5 Å². The Hall–Kier alpha value is -7.24. The summed E-state index contributed by atoms with van der Waals surface area (Å²) in [6.45, 7) is 0. The van der Waals surface area contributed by atoms with Crippen LogP contribution in [0.4, 0.5) is 0 Å². The van der Waals surface area contributed by atoms with Gasteiger partial charge >= 0.3 is 0 Å². The van der Waals surface area contributed by atoms with Crippen LogP contribution in [0.1, 0.15) is 0 Å². The summed E-state index contributed by atoms with van der Waals surface area (Å²) in [5.74, 6) is 1.71. The predicted molar refractivity (Wildman–Crippen MR) is 217 cm³/mol. The Bertz CT molecular complexity index is 2800. The minimum Gasteiger partial charge on any atom is -0.308 e. The molecule has 248 valence electrons. The van der Waals surface area contributed by atoms with Crippen LogP contribution >= 0.6 is 0 Å². The normalized spacial score (nSPS) is 11.4. The van der Waals surface area contributed by atoms with Crippen LogP contribution in [0.15, 0.2) is 188 Å². The molecule has 10 aromatic rings. The van der Waals surface area contributed by atoms with Crippen molar-refractivity contribution < 1.29 is 0 Å². The molecule has 0 saturated carbocycles. The second-order valence-electron chi connectivity index (χ2n) is 13.1. The Kier molecular flexibility index (Phi) is 7.40. The maximum Gasteiger partial charge on any atom is 0.182 e. The van der Waals surface area contributed by atoms with Crippen molar-refractivity contribution in [1.82, 2.24) is 24.5 Å². The zero-order valence-electron chi connectivity index (χ0n) is 28.6. The molecule has 0 radical (unpaired) electrons. The monoisotopic (exact) mass is 677 g/mol. The fourth-order valence-electron chi connectivity index (χ4n) is 7.30. The van der Waals surface area contributed by atoms with Crippen molar-refractivity contribution in [3.8, 4) is 62.2 Å². The fraction of sp³-hybridized carbons (Fsp3) is 0. The summed E-state index contributed by atoms with van der Waals surface area (Å²) in [4.78, 5) is 20.0. The lowest BCUT2D eigenvalue weighted by atomic mass is 10.0. The van der Waals surface area contributed by atoms with Gasteiger partial charge in [-0.1, -0.05) is 158 Å². The first-order valence-electron chi connectivity index (χ1n) is 17.7. The molecule has 7 aromatic carbocycles. The number of benzene rings is 7. The highest BCUT2D eigenvalue weighted by atomic mass is 15.1.